The van der Waals surface area contributed by atoms with Gasteiger partial charge in [0, 0.05) is 39.8 Å². The molecule has 0 radical (unpaired) electrons. The van der Waals surface area contributed by atoms with Crippen LogP contribution < -0.4 is 4.90 Å². The van der Waals surface area contributed by atoms with Crippen LogP contribution in [0.2, 0.25) is 0 Å². The Morgan fingerprint density at radius 3 is 1.70 bits per heavy atom. The highest BCUT2D eigenvalue weighted by atomic mass is 16.3. The van der Waals surface area contributed by atoms with Gasteiger partial charge in [0.2, 0.25) is 5.89 Å². The van der Waals surface area contributed by atoms with Crippen LogP contribution in [0.5, 0.6) is 0 Å². The molecule has 4 nitrogen and oxygen atoms in total. The lowest BCUT2D eigenvalue weighted by atomic mass is 9.98. The van der Waals surface area contributed by atoms with Gasteiger partial charge in [-0.15, -0.1) is 0 Å². The Hall–Kier alpha value is -7.56. The molecule has 0 saturated carbocycles. The number of nitrogens with zero attached hydrogens (tertiary/aromatic N) is 3. The van der Waals surface area contributed by atoms with Gasteiger partial charge < -0.3 is 9.32 Å². The number of para-hydroxylation sites is 2. The quantitative estimate of drug-likeness (QED) is 0.161. The summed E-state index contributed by atoms with van der Waals surface area (Å²) < 4.78 is 6.11. The maximum atomic E-state index is 6.11. The number of fused-ring (bicyclic) bond motifs is 6. The molecule has 0 saturated heterocycles. The van der Waals surface area contributed by atoms with Crippen LogP contribution in [0.15, 0.2) is 205 Å². The van der Waals surface area contributed by atoms with E-state index in [-0.39, 0.29) is 0 Å². The van der Waals surface area contributed by atoms with Crippen LogP contribution in [0.3, 0.4) is 0 Å². The molecule has 2 heterocycles. The van der Waals surface area contributed by atoms with Crippen LogP contribution in [-0.4, -0.2) is 9.97 Å². The lowest BCUT2D eigenvalue weighted by Crippen LogP contribution is -2.09. The van der Waals surface area contributed by atoms with Crippen LogP contribution >= 0.6 is 0 Å². The van der Waals surface area contributed by atoms with Crippen LogP contribution in [0.1, 0.15) is 0 Å². The van der Waals surface area contributed by atoms with Crippen LogP contribution in [0.25, 0.3) is 88.0 Å². The summed E-state index contributed by atoms with van der Waals surface area (Å²) in [5.74, 6) is 0.612. The van der Waals surface area contributed by atoms with Crippen molar-refractivity contribution in [2.45, 2.75) is 0 Å². The van der Waals surface area contributed by atoms with Gasteiger partial charge in [0.1, 0.15) is 5.52 Å². The van der Waals surface area contributed by atoms with Crippen LogP contribution in [0.4, 0.5) is 17.1 Å². The second kappa shape index (κ2) is 13.1. The molecule has 0 atom stereocenters. The second-order valence-corrected chi connectivity index (χ2v) is 14.3. The molecule has 0 aliphatic rings. The molecule has 0 bridgehead atoms. The lowest BCUT2D eigenvalue weighted by Gasteiger charge is -2.26. The number of rotatable bonds is 6. The first-order valence-corrected chi connectivity index (χ1v) is 18.9. The Morgan fingerprint density at radius 1 is 0.375 bits per heavy atom. The minimum Gasteiger partial charge on any atom is -0.436 e. The summed E-state index contributed by atoms with van der Waals surface area (Å²) in [6.45, 7) is 0. The molecule has 0 aliphatic carbocycles. The predicted molar refractivity (Wildman–Crippen MR) is 233 cm³/mol. The van der Waals surface area contributed by atoms with Gasteiger partial charge in [-0.3, -0.25) is 4.98 Å². The highest BCUT2D eigenvalue weighted by molar-refractivity contribution is 6.09. The van der Waals surface area contributed by atoms with Gasteiger partial charge in [0.25, 0.3) is 0 Å². The highest BCUT2D eigenvalue weighted by Gasteiger charge is 2.16. The SMILES string of the molecule is c1ccc2cc(-c3ccc(N(c4ccc(-c5nc6ccccc6o5)cc4)c4ccc5c(ccc6cc(-c7cc8ccccc8cn7)ccc65)c4)cc3)ccc2c1. The van der Waals surface area contributed by atoms with Crippen LogP contribution in [0, 0.1) is 0 Å². The van der Waals surface area contributed by atoms with E-state index in [2.05, 4.69) is 175 Å². The Morgan fingerprint density at radius 2 is 0.929 bits per heavy atom. The summed E-state index contributed by atoms with van der Waals surface area (Å²) in [4.78, 5) is 11.8. The zero-order valence-electron chi connectivity index (χ0n) is 30.3. The molecule has 0 amide bonds. The van der Waals surface area contributed by atoms with Crippen molar-refractivity contribution in [1.82, 2.24) is 9.97 Å². The normalized spacial score (nSPS) is 11.6. The van der Waals surface area contributed by atoms with Crippen molar-refractivity contribution in [2.75, 3.05) is 4.90 Å². The molecule has 11 rings (SSSR count). The van der Waals surface area contributed by atoms with Crippen molar-refractivity contribution in [1.29, 1.82) is 0 Å². The minimum atomic E-state index is 0.612. The summed E-state index contributed by atoms with van der Waals surface area (Å²) in [7, 11) is 0. The van der Waals surface area contributed by atoms with E-state index in [4.69, 9.17) is 14.4 Å². The highest BCUT2D eigenvalue weighted by Crippen LogP contribution is 2.40. The van der Waals surface area contributed by atoms with E-state index in [1.165, 1.54) is 48.8 Å². The van der Waals surface area contributed by atoms with E-state index in [9.17, 15) is 0 Å². The molecule has 0 unspecified atom stereocenters. The molecule has 262 valence electrons. The summed E-state index contributed by atoms with van der Waals surface area (Å²) in [6, 6.07) is 68.8. The molecule has 2 aromatic heterocycles. The molecule has 0 N–H and O–H groups in total. The van der Waals surface area contributed by atoms with Crippen molar-refractivity contribution in [3.63, 3.8) is 0 Å². The number of anilines is 3. The largest absolute Gasteiger partial charge is 0.436 e. The maximum Gasteiger partial charge on any atom is 0.227 e. The summed E-state index contributed by atoms with van der Waals surface area (Å²) in [6.07, 6.45) is 1.96. The molecule has 4 heteroatoms. The number of pyridine rings is 1. The van der Waals surface area contributed by atoms with Gasteiger partial charge in [0.15, 0.2) is 5.58 Å². The monoisotopic (exact) mass is 715 g/mol. The van der Waals surface area contributed by atoms with Gasteiger partial charge in [0.05, 0.1) is 5.69 Å². The molecule has 0 fully saturated rings. The zero-order valence-corrected chi connectivity index (χ0v) is 30.3. The third-order valence-corrected chi connectivity index (χ3v) is 10.9. The van der Waals surface area contributed by atoms with Gasteiger partial charge in [-0.25, -0.2) is 4.98 Å². The first-order chi connectivity index (χ1) is 27.7. The number of hydrogen-bond donors (Lipinski definition) is 0. The third-order valence-electron chi connectivity index (χ3n) is 10.9. The van der Waals surface area contributed by atoms with Gasteiger partial charge in [-0.2, -0.15) is 0 Å². The van der Waals surface area contributed by atoms with Gasteiger partial charge in [-0.05, 0) is 128 Å². The molecular formula is C52H33N3O. The maximum absolute atomic E-state index is 6.11. The standard InChI is InChI=1S/C52H33N3O/c1-2-8-37-29-39(14-13-34(37)7-1)35-17-22-44(23-18-35)55(45-24-19-36(20-25-45)52-54-49-11-5-6-12-51(49)56-52)46-26-28-48-41(31-46)16-15-40-30-42(21-27-47(40)48)50-32-38-9-3-4-10-43(38)33-53-50/h1-33H. The smallest absolute Gasteiger partial charge is 0.227 e. The fourth-order valence-electron chi connectivity index (χ4n) is 7.97. The Labute approximate surface area is 323 Å². The first-order valence-electron chi connectivity index (χ1n) is 18.9. The first kappa shape index (κ1) is 31.9. The number of oxazole rings is 1. The van der Waals surface area contributed by atoms with E-state index in [0.717, 1.165) is 50.4 Å². The van der Waals surface area contributed by atoms with Crippen molar-refractivity contribution >= 4 is 71.3 Å². The number of benzene rings is 9. The molecule has 0 spiro atoms. The fourth-order valence-corrected chi connectivity index (χ4v) is 7.97. The van der Waals surface area contributed by atoms with Crippen LogP contribution in [-0.2, 0) is 0 Å². The van der Waals surface area contributed by atoms with Crippen molar-refractivity contribution in [2.24, 2.45) is 0 Å². The van der Waals surface area contributed by atoms with Crippen molar-refractivity contribution in [3.05, 3.63) is 200 Å². The molecule has 9 aromatic carbocycles. The van der Waals surface area contributed by atoms with E-state index in [1.807, 2.05) is 30.5 Å². The average Bonchev–Trinajstić information content (AvgIpc) is 3.71. The second-order valence-electron chi connectivity index (χ2n) is 14.3. The van der Waals surface area contributed by atoms with Gasteiger partial charge in [-0.1, -0.05) is 115 Å². The Bertz CT molecular complexity index is 3220. The number of hydrogen-bond acceptors (Lipinski definition) is 4. The summed E-state index contributed by atoms with van der Waals surface area (Å²) in [5.41, 5.74) is 10.2. The Kier molecular flexibility index (Phi) is 7.46. The molecule has 56 heavy (non-hydrogen) atoms. The molecular weight excluding hydrogens is 683 g/mol. The van der Waals surface area contributed by atoms with Crippen molar-refractivity contribution < 1.29 is 4.42 Å². The van der Waals surface area contributed by atoms with Crippen molar-refractivity contribution in [3.8, 4) is 33.8 Å². The number of aromatic nitrogens is 2. The lowest BCUT2D eigenvalue weighted by molar-refractivity contribution is 0.620. The van der Waals surface area contributed by atoms with E-state index in [0.29, 0.717) is 5.89 Å². The minimum absolute atomic E-state index is 0.612. The predicted octanol–water partition coefficient (Wildman–Crippen LogP) is 14.3. The van der Waals surface area contributed by atoms with E-state index >= 15 is 0 Å². The fraction of sp³-hybridized carbons (Fsp3) is 0. The Balaban J connectivity index is 0.983. The third kappa shape index (κ3) is 5.64. The zero-order chi connectivity index (χ0) is 37.0. The average molecular weight is 716 g/mol. The molecule has 11 aromatic rings. The van der Waals surface area contributed by atoms with Gasteiger partial charge >= 0.3 is 0 Å². The van der Waals surface area contributed by atoms with E-state index in [1.54, 1.807) is 0 Å². The summed E-state index contributed by atoms with van der Waals surface area (Å²) >= 11 is 0. The summed E-state index contributed by atoms with van der Waals surface area (Å²) in [5, 5.41) is 9.60. The van der Waals surface area contributed by atoms with E-state index < -0.39 is 0 Å². The molecule has 0 aliphatic heterocycles. The topological polar surface area (TPSA) is 42.2 Å².